The number of hydrogen-bond acceptors (Lipinski definition) is 14. The fraction of sp³-hybridized carbons (Fsp3) is 0.300. The summed E-state index contributed by atoms with van der Waals surface area (Å²) in [4.78, 5) is 71.3. The van der Waals surface area contributed by atoms with E-state index < -0.39 is 23.1 Å². The van der Waals surface area contributed by atoms with Crippen molar-refractivity contribution in [3.63, 3.8) is 0 Å². The number of anilines is 2. The Morgan fingerprint density at radius 2 is 0.910 bits per heavy atom. The highest BCUT2D eigenvalue weighted by molar-refractivity contribution is 5.97. The summed E-state index contributed by atoms with van der Waals surface area (Å²) in [5.41, 5.74) is 10.9. The predicted octanol–water partition coefficient (Wildman–Crippen LogP) is 10.8. The number of aryl methyl sites for hydroxylation is 6. The van der Waals surface area contributed by atoms with Crippen LogP contribution in [0.2, 0.25) is 0 Å². The van der Waals surface area contributed by atoms with Gasteiger partial charge in [0, 0.05) is 95.4 Å². The first-order valence-corrected chi connectivity index (χ1v) is 25.7. The second kappa shape index (κ2) is 20.8. The third-order valence-corrected chi connectivity index (χ3v) is 12.9. The smallest absolute Gasteiger partial charge is 0.340 e. The number of pyridine rings is 4. The molecule has 0 radical (unpaired) electrons. The molecule has 0 aliphatic rings. The lowest BCUT2D eigenvalue weighted by Gasteiger charge is -2.23. The highest BCUT2D eigenvalue weighted by Crippen LogP contribution is 2.31. The lowest BCUT2D eigenvalue weighted by Crippen LogP contribution is -2.25. The lowest BCUT2D eigenvalue weighted by atomic mass is 10.1. The molecule has 0 fully saturated rings. The number of aromatic nitrogens is 10. The van der Waals surface area contributed by atoms with Gasteiger partial charge in [-0.05, 0) is 143 Å². The number of carbonyl (C=O) groups excluding carboxylic acids is 2. The highest BCUT2D eigenvalue weighted by Gasteiger charge is 2.25. The van der Waals surface area contributed by atoms with Crippen LogP contribution < -0.4 is 21.8 Å². The molecule has 0 amide bonds. The van der Waals surface area contributed by atoms with Gasteiger partial charge in [-0.2, -0.15) is 10.2 Å². The summed E-state index contributed by atoms with van der Waals surface area (Å²) >= 11 is 0. The van der Waals surface area contributed by atoms with Gasteiger partial charge in [0.2, 0.25) is 0 Å². The molecule has 10 rings (SSSR count). The van der Waals surface area contributed by atoms with Crippen molar-refractivity contribution in [2.45, 2.75) is 106 Å². The maximum Gasteiger partial charge on any atom is 0.340 e. The van der Waals surface area contributed by atoms with E-state index in [0.29, 0.717) is 45.2 Å². The monoisotopic (exact) mass is 1050 g/mol. The summed E-state index contributed by atoms with van der Waals surface area (Å²) in [5, 5.41) is 17.6. The van der Waals surface area contributed by atoms with Crippen LogP contribution in [0.4, 0.5) is 11.4 Å². The van der Waals surface area contributed by atoms with Crippen molar-refractivity contribution >= 4 is 56.7 Å². The molecule has 8 aromatic heterocycles. The molecule has 0 aliphatic heterocycles. The average molecular weight is 1050 g/mol. The van der Waals surface area contributed by atoms with Crippen LogP contribution in [0.5, 0.6) is 0 Å². The molecule has 18 nitrogen and oxygen atoms in total. The van der Waals surface area contributed by atoms with Crippen molar-refractivity contribution in [1.82, 2.24) is 48.3 Å². The normalized spacial score (nSPS) is 12.6. The minimum absolute atomic E-state index is 0.190. The molecule has 2 N–H and O–H groups in total. The molecule has 0 aliphatic carbocycles. The molecule has 1 unspecified atom stereocenters. The quantitative estimate of drug-likeness (QED) is 0.122. The molecule has 8 heterocycles. The topological polar surface area (TPSA) is 207 Å². The predicted molar refractivity (Wildman–Crippen MR) is 304 cm³/mol. The van der Waals surface area contributed by atoms with Crippen LogP contribution in [0.1, 0.15) is 122 Å². The number of carbonyl (C=O) groups is 2. The molecule has 0 bridgehead atoms. The zero-order chi connectivity index (χ0) is 56.1. The Kier molecular flexibility index (Phi) is 14.3. The van der Waals surface area contributed by atoms with Crippen molar-refractivity contribution in [2.24, 2.45) is 14.1 Å². The maximum absolute atomic E-state index is 13.3. The minimum Gasteiger partial charge on any atom is -0.456 e. The van der Waals surface area contributed by atoms with Crippen LogP contribution in [0.15, 0.2) is 119 Å². The number of nitrogens with zero attached hydrogens (tertiary/aromatic N) is 10. The van der Waals surface area contributed by atoms with Crippen LogP contribution >= 0.6 is 0 Å². The van der Waals surface area contributed by atoms with Crippen LogP contribution in [-0.4, -0.2) is 71.4 Å². The average Bonchev–Trinajstić information content (AvgIpc) is 3.89. The van der Waals surface area contributed by atoms with Gasteiger partial charge in [-0.1, -0.05) is 24.3 Å². The van der Waals surface area contributed by atoms with Crippen molar-refractivity contribution in [2.75, 3.05) is 10.6 Å². The summed E-state index contributed by atoms with van der Waals surface area (Å²) in [6.45, 7) is 22.7. The first-order valence-electron chi connectivity index (χ1n) is 25.7. The van der Waals surface area contributed by atoms with Crippen LogP contribution in [-0.2, 0) is 23.6 Å². The second-order valence-corrected chi connectivity index (χ2v) is 21.7. The summed E-state index contributed by atoms with van der Waals surface area (Å²) in [7, 11) is 3.71. The van der Waals surface area contributed by atoms with E-state index >= 15 is 0 Å². The molecule has 78 heavy (non-hydrogen) atoms. The molecular weight excluding hydrogens is 985 g/mol. The van der Waals surface area contributed by atoms with Gasteiger partial charge in [0.1, 0.15) is 22.5 Å². The third kappa shape index (κ3) is 11.2. The SMILES string of the molecule is Cc1cc(C(C)Nc2ccccc2C(=O)OC(C)(C)C)c2nc(-c3cnc4c(c3)c(C)nn4C)cc(=O)n2c1.Cc1cc([C@H](C)Nc2ccccc2C(=O)OC(C)(C)C)c2nc(-c3cnc4c(c3)c(C)nn4C)cc(=O)n2c1. The number of rotatable bonds is 10. The summed E-state index contributed by atoms with van der Waals surface area (Å²) in [6.07, 6.45) is 7.00. The van der Waals surface area contributed by atoms with Gasteiger partial charge in [-0.3, -0.25) is 27.8 Å². The van der Waals surface area contributed by atoms with Gasteiger partial charge in [-0.15, -0.1) is 0 Å². The van der Waals surface area contributed by atoms with Crippen molar-refractivity contribution < 1.29 is 19.1 Å². The Hall–Kier alpha value is -9.06. The summed E-state index contributed by atoms with van der Waals surface area (Å²) < 4.78 is 17.8. The van der Waals surface area contributed by atoms with Gasteiger partial charge in [-0.25, -0.2) is 29.5 Å². The first-order chi connectivity index (χ1) is 36.8. The molecule has 0 spiro atoms. The van der Waals surface area contributed by atoms with Crippen LogP contribution in [0.3, 0.4) is 0 Å². The molecule has 0 saturated carbocycles. The lowest BCUT2D eigenvalue weighted by molar-refractivity contribution is 0.00580. The standard InChI is InChI=1S/2C30H32N6O3/c2*1-17-12-22(18(2)32-24-11-9-8-10-21(24)29(38)39-30(4,5)6)28-33-25(14-26(37)36(28)16-17)20-13-23-19(3)34-35(7)27(23)31-15-20/h2*8-16,18,32H,1-7H3/t18-;/m0./s1. The summed E-state index contributed by atoms with van der Waals surface area (Å²) in [6, 6.07) is 24.9. The minimum atomic E-state index is -0.615. The van der Waals surface area contributed by atoms with Gasteiger partial charge in [0.05, 0.1) is 46.0 Å². The largest absolute Gasteiger partial charge is 0.456 e. The van der Waals surface area contributed by atoms with E-state index in [2.05, 4.69) is 30.8 Å². The number of hydrogen-bond donors (Lipinski definition) is 2. The first kappa shape index (κ1) is 53.8. The molecule has 2 aromatic carbocycles. The number of fused-ring (bicyclic) bond motifs is 4. The van der Waals surface area contributed by atoms with Crippen molar-refractivity contribution in [3.05, 3.63) is 175 Å². The summed E-state index contributed by atoms with van der Waals surface area (Å²) in [5.74, 6) is -0.811. The van der Waals surface area contributed by atoms with E-state index in [0.717, 1.165) is 66.8 Å². The van der Waals surface area contributed by atoms with E-state index in [1.165, 1.54) is 12.1 Å². The Labute approximate surface area is 451 Å². The molecule has 2 atom stereocenters. The Bertz CT molecular complexity index is 3860. The van der Waals surface area contributed by atoms with Crippen molar-refractivity contribution in [1.29, 1.82) is 0 Å². The molecule has 400 valence electrons. The number of para-hydroxylation sites is 2. The fourth-order valence-electron chi connectivity index (χ4n) is 9.43. The second-order valence-electron chi connectivity index (χ2n) is 21.7. The third-order valence-electron chi connectivity index (χ3n) is 12.9. The number of esters is 2. The van der Waals surface area contributed by atoms with E-state index in [9.17, 15) is 19.2 Å². The van der Waals surface area contributed by atoms with Gasteiger partial charge in [0.15, 0.2) is 11.3 Å². The van der Waals surface area contributed by atoms with E-state index in [-0.39, 0.29) is 23.2 Å². The van der Waals surface area contributed by atoms with Crippen LogP contribution in [0, 0.1) is 27.7 Å². The number of nitrogens with one attached hydrogen (secondary N) is 2. The Morgan fingerprint density at radius 3 is 1.28 bits per heavy atom. The van der Waals surface area contributed by atoms with Crippen LogP contribution in [0.25, 0.3) is 55.9 Å². The van der Waals surface area contributed by atoms with Gasteiger partial charge >= 0.3 is 11.9 Å². The van der Waals surface area contributed by atoms with E-state index in [4.69, 9.17) is 19.4 Å². The van der Waals surface area contributed by atoms with E-state index in [1.54, 1.807) is 67.2 Å². The molecule has 18 heteroatoms. The Morgan fingerprint density at radius 1 is 0.538 bits per heavy atom. The van der Waals surface area contributed by atoms with E-state index in [1.807, 2.05) is 146 Å². The van der Waals surface area contributed by atoms with Gasteiger partial charge < -0.3 is 20.1 Å². The molecular formula is C60H64N12O6. The maximum atomic E-state index is 13.3. The Balaban J connectivity index is 0.000000190. The highest BCUT2D eigenvalue weighted by atomic mass is 16.6. The fourth-order valence-corrected chi connectivity index (χ4v) is 9.43. The zero-order valence-electron chi connectivity index (χ0n) is 46.5. The van der Waals surface area contributed by atoms with Crippen molar-refractivity contribution in [3.8, 4) is 22.5 Å². The molecule has 0 saturated heterocycles. The number of benzene rings is 2. The molecule has 10 aromatic rings. The van der Waals surface area contributed by atoms with Gasteiger partial charge in [0.25, 0.3) is 11.1 Å². The zero-order valence-corrected chi connectivity index (χ0v) is 46.5. The number of ether oxygens (including phenoxy) is 2.